The van der Waals surface area contributed by atoms with E-state index in [0.717, 1.165) is 5.56 Å². The SMILES string of the molecule is COC(=O)c1cc(CS(=O)[O-])c(C)cc1Br. The van der Waals surface area contributed by atoms with Crippen molar-refractivity contribution in [1.82, 2.24) is 0 Å². The third-order valence-electron chi connectivity index (χ3n) is 2.10. The molecule has 0 saturated heterocycles. The monoisotopic (exact) mass is 305 g/mol. The smallest absolute Gasteiger partial charge is 0.339 e. The van der Waals surface area contributed by atoms with E-state index in [1.165, 1.54) is 13.2 Å². The van der Waals surface area contributed by atoms with Gasteiger partial charge < -0.3 is 9.29 Å². The summed E-state index contributed by atoms with van der Waals surface area (Å²) in [4.78, 5) is 11.4. The van der Waals surface area contributed by atoms with Crippen molar-refractivity contribution in [2.45, 2.75) is 12.7 Å². The highest BCUT2D eigenvalue weighted by Crippen LogP contribution is 2.23. The molecule has 0 saturated carbocycles. The van der Waals surface area contributed by atoms with E-state index >= 15 is 0 Å². The van der Waals surface area contributed by atoms with Crippen LogP contribution in [0.15, 0.2) is 16.6 Å². The average Bonchev–Trinajstić information content (AvgIpc) is 2.20. The van der Waals surface area contributed by atoms with E-state index in [9.17, 15) is 13.6 Å². The van der Waals surface area contributed by atoms with Gasteiger partial charge in [-0.3, -0.25) is 4.21 Å². The number of rotatable bonds is 3. The Morgan fingerprint density at radius 3 is 2.69 bits per heavy atom. The summed E-state index contributed by atoms with van der Waals surface area (Å²) < 4.78 is 26.4. The highest BCUT2D eigenvalue weighted by molar-refractivity contribution is 9.10. The maximum Gasteiger partial charge on any atom is 0.339 e. The molecule has 0 radical (unpaired) electrons. The quantitative estimate of drug-likeness (QED) is 0.632. The predicted octanol–water partition coefficient (Wildman–Crippen LogP) is 1.92. The van der Waals surface area contributed by atoms with Gasteiger partial charge in [-0.05, 0) is 46.1 Å². The summed E-state index contributed by atoms with van der Waals surface area (Å²) in [6.45, 7) is 1.79. The van der Waals surface area contributed by atoms with Crippen LogP contribution in [0.25, 0.3) is 0 Å². The van der Waals surface area contributed by atoms with Gasteiger partial charge in [-0.25, -0.2) is 4.79 Å². The zero-order chi connectivity index (χ0) is 12.3. The lowest BCUT2D eigenvalue weighted by Crippen LogP contribution is -2.05. The third-order valence-corrected chi connectivity index (χ3v) is 3.31. The summed E-state index contributed by atoms with van der Waals surface area (Å²) in [5.41, 5.74) is 1.73. The molecule has 0 bridgehead atoms. The maximum absolute atomic E-state index is 11.4. The summed E-state index contributed by atoms with van der Waals surface area (Å²) in [6, 6.07) is 3.23. The van der Waals surface area contributed by atoms with Gasteiger partial charge in [0.05, 0.1) is 12.7 Å². The minimum Gasteiger partial charge on any atom is -0.772 e. The van der Waals surface area contributed by atoms with E-state index in [0.29, 0.717) is 15.6 Å². The normalized spacial score (nSPS) is 12.2. The molecule has 1 rings (SSSR count). The van der Waals surface area contributed by atoms with Crippen molar-refractivity contribution in [3.05, 3.63) is 33.3 Å². The molecule has 0 aliphatic carbocycles. The molecule has 0 spiro atoms. The molecule has 0 heterocycles. The molecule has 0 aromatic heterocycles. The lowest BCUT2D eigenvalue weighted by molar-refractivity contribution is 0.0599. The highest BCUT2D eigenvalue weighted by Gasteiger charge is 2.13. The summed E-state index contributed by atoms with van der Waals surface area (Å²) >= 11 is 1.06. The van der Waals surface area contributed by atoms with Crippen molar-refractivity contribution in [3.63, 3.8) is 0 Å². The van der Waals surface area contributed by atoms with E-state index in [2.05, 4.69) is 20.7 Å². The largest absolute Gasteiger partial charge is 0.772 e. The second kappa shape index (κ2) is 5.56. The molecule has 0 amide bonds. The zero-order valence-electron chi connectivity index (χ0n) is 8.78. The second-order valence-electron chi connectivity index (χ2n) is 3.20. The number of carbonyl (C=O) groups is 1. The number of esters is 1. The first-order chi connectivity index (χ1) is 7.45. The van der Waals surface area contributed by atoms with Gasteiger partial charge in [-0.1, -0.05) is 11.1 Å². The van der Waals surface area contributed by atoms with Gasteiger partial charge in [0.1, 0.15) is 0 Å². The Kier molecular flexibility index (Phi) is 4.64. The summed E-state index contributed by atoms with van der Waals surface area (Å²) in [6.07, 6.45) is 0. The first kappa shape index (κ1) is 13.3. The minimum absolute atomic E-state index is 0.108. The molecule has 88 valence electrons. The van der Waals surface area contributed by atoms with Crippen molar-refractivity contribution in [1.29, 1.82) is 0 Å². The van der Waals surface area contributed by atoms with Crippen molar-refractivity contribution >= 4 is 33.0 Å². The molecule has 0 aliphatic heterocycles. The van der Waals surface area contributed by atoms with E-state index in [1.54, 1.807) is 13.0 Å². The highest BCUT2D eigenvalue weighted by atomic mass is 79.9. The molecule has 1 unspecified atom stereocenters. The second-order valence-corrected chi connectivity index (χ2v) is 4.95. The Balaban J connectivity index is 3.21. The molecule has 6 heteroatoms. The van der Waals surface area contributed by atoms with Crippen LogP contribution in [0.1, 0.15) is 21.5 Å². The lowest BCUT2D eigenvalue weighted by Gasteiger charge is -2.11. The van der Waals surface area contributed by atoms with Crippen molar-refractivity contribution in [2.24, 2.45) is 0 Å². The van der Waals surface area contributed by atoms with E-state index in [1.807, 2.05) is 0 Å². The van der Waals surface area contributed by atoms with Gasteiger partial charge in [0.25, 0.3) is 0 Å². The van der Waals surface area contributed by atoms with Gasteiger partial charge >= 0.3 is 5.97 Å². The molecule has 16 heavy (non-hydrogen) atoms. The average molecular weight is 306 g/mol. The van der Waals surface area contributed by atoms with Gasteiger partial charge in [0.15, 0.2) is 0 Å². The predicted molar refractivity (Wildman–Crippen MR) is 62.8 cm³/mol. The number of hydrogen-bond acceptors (Lipinski definition) is 4. The first-order valence-electron chi connectivity index (χ1n) is 4.39. The molecule has 4 nitrogen and oxygen atoms in total. The number of carbonyl (C=O) groups excluding carboxylic acids is 1. The summed E-state index contributed by atoms with van der Waals surface area (Å²) in [5, 5.41) is 0. The van der Waals surface area contributed by atoms with Crippen LogP contribution in [-0.2, 0) is 21.6 Å². The number of benzene rings is 1. The molecular formula is C10H10BrO4S-. The standard InChI is InChI=1S/C10H11BrO4S/c1-6-3-9(11)8(10(12)15-2)4-7(6)5-16(13)14/h3-4H,5H2,1-2H3,(H,13,14)/p-1. The number of halogens is 1. The van der Waals surface area contributed by atoms with Crippen molar-refractivity contribution in [3.8, 4) is 0 Å². The van der Waals surface area contributed by atoms with Crippen LogP contribution < -0.4 is 0 Å². The van der Waals surface area contributed by atoms with Gasteiger partial charge in [-0.15, -0.1) is 0 Å². The molecule has 0 fully saturated rings. The van der Waals surface area contributed by atoms with Crippen LogP contribution in [0.4, 0.5) is 0 Å². The van der Waals surface area contributed by atoms with Gasteiger partial charge in [0, 0.05) is 10.2 Å². The van der Waals surface area contributed by atoms with Gasteiger partial charge in [0.2, 0.25) is 0 Å². The number of hydrogen-bond donors (Lipinski definition) is 0. The summed E-state index contributed by atoms with van der Waals surface area (Å²) in [5.74, 6) is -0.604. The van der Waals surface area contributed by atoms with Crippen LogP contribution >= 0.6 is 15.9 Å². The van der Waals surface area contributed by atoms with Crippen LogP contribution in [-0.4, -0.2) is 21.8 Å². The van der Waals surface area contributed by atoms with Crippen LogP contribution in [0, 0.1) is 6.92 Å². The molecular weight excluding hydrogens is 296 g/mol. The van der Waals surface area contributed by atoms with Gasteiger partial charge in [-0.2, -0.15) is 0 Å². The number of methoxy groups -OCH3 is 1. The van der Waals surface area contributed by atoms with Crippen molar-refractivity contribution in [2.75, 3.05) is 7.11 Å². The fourth-order valence-corrected chi connectivity index (χ4v) is 2.45. The Bertz CT molecular complexity index is 445. The minimum atomic E-state index is -2.17. The maximum atomic E-state index is 11.4. The third kappa shape index (κ3) is 3.13. The van der Waals surface area contributed by atoms with Crippen molar-refractivity contribution < 1.29 is 18.3 Å². The molecule has 0 N–H and O–H groups in total. The zero-order valence-corrected chi connectivity index (χ0v) is 11.2. The molecule has 1 atom stereocenters. The first-order valence-corrected chi connectivity index (χ1v) is 6.42. The van der Waals surface area contributed by atoms with Crippen LogP contribution in [0.3, 0.4) is 0 Å². The lowest BCUT2D eigenvalue weighted by atomic mass is 10.1. The number of aryl methyl sites for hydroxylation is 1. The Labute approximate surface area is 104 Å². The van der Waals surface area contributed by atoms with E-state index in [4.69, 9.17) is 0 Å². The fraction of sp³-hybridized carbons (Fsp3) is 0.300. The van der Waals surface area contributed by atoms with Crippen LogP contribution in [0.2, 0.25) is 0 Å². The Morgan fingerprint density at radius 2 is 2.19 bits per heavy atom. The molecule has 0 aliphatic rings. The van der Waals surface area contributed by atoms with E-state index < -0.39 is 17.0 Å². The number of ether oxygens (including phenoxy) is 1. The van der Waals surface area contributed by atoms with Crippen LogP contribution in [0.5, 0.6) is 0 Å². The van der Waals surface area contributed by atoms with E-state index in [-0.39, 0.29) is 5.75 Å². The fourth-order valence-electron chi connectivity index (χ4n) is 1.27. The topological polar surface area (TPSA) is 66.4 Å². The molecule has 1 aromatic carbocycles. The Hall–Kier alpha value is -0.720. The molecule has 1 aromatic rings. The summed E-state index contributed by atoms with van der Waals surface area (Å²) in [7, 11) is 1.28. The Morgan fingerprint density at radius 1 is 1.56 bits per heavy atom.